The summed E-state index contributed by atoms with van der Waals surface area (Å²) >= 11 is 0. The fourth-order valence-electron chi connectivity index (χ4n) is 3.42. The molecule has 168 valence electrons. The molecule has 3 rings (SSSR count). The summed E-state index contributed by atoms with van der Waals surface area (Å²) in [6.07, 6.45) is 0.197. The lowest BCUT2D eigenvalue weighted by molar-refractivity contribution is -0.137. The Balaban J connectivity index is 1.95. The van der Waals surface area contributed by atoms with Crippen molar-refractivity contribution in [1.29, 1.82) is 0 Å². The van der Waals surface area contributed by atoms with Gasteiger partial charge in [0, 0.05) is 44.3 Å². The van der Waals surface area contributed by atoms with Crippen LogP contribution < -0.4 is 11.1 Å². The summed E-state index contributed by atoms with van der Waals surface area (Å²) in [5, 5.41) is 13.5. The largest absolute Gasteiger partial charge is 0.383 e. The molecule has 1 aliphatic heterocycles. The predicted molar refractivity (Wildman–Crippen MR) is 117 cm³/mol. The van der Waals surface area contributed by atoms with Gasteiger partial charge in [0.15, 0.2) is 5.69 Å². The average Bonchev–Trinajstić information content (AvgIpc) is 3.01. The maximum absolute atomic E-state index is 14.6. The smallest absolute Gasteiger partial charge is 0.269 e. The molecule has 2 heterocycles. The summed E-state index contributed by atoms with van der Waals surface area (Å²) < 4.78 is 19.7. The Morgan fingerprint density at radius 3 is 2.81 bits per heavy atom. The highest BCUT2D eigenvalue weighted by Crippen LogP contribution is 2.26. The van der Waals surface area contributed by atoms with Crippen LogP contribution in [-0.4, -0.2) is 65.8 Å². The molecule has 2 amide bonds. The van der Waals surface area contributed by atoms with E-state index in [4.69, 9.17) is 10.5 Å². The lowest BCUT2D eigenvalue weighted by Gasteiger charge is -2.16. The lowest BCUT2D eigenvalue weighted by atomic mass is 10.0. The van der Waals surface area contributed by atoms with Gasteiger partial charge in [-0.3, -0.25) is 9.59 Å². The summed E-state index contributed by atoms with van der Waals surface area (Å²) in [7, 11) is 3.15. The Bertz CT molecular complexity index is 1110. The van der Waals surface area contributed by atoms with Gasteiger partial charge in [0.25, 0.3) is 11.8 Å². The van der Waals surface area contributed by atoms with Crippen molar-refractivity contribution in [1.82, 2.24) is 9.88 Å². The number of carbonyl (C=O) groups excluding carboxylic acids is 2. The van der Waals surface area contributed by atoms with Crippen LogP contribution in [0.4, 0.5) is 10.1 Å². The number of nitrogens with one attached hydrogen (secondary N) is 1. The fourth-order valence-corrected chi connectivity index (χ4v) is 3.42. The van der Waals surface area contributed by atoms with Crippen molar-refractivity contribution in [3.63, 3.8) is 0 Å². The molecule has 4 N–H and O–H groups in total. The van der Waals surface area contributed by atoms with Crippen molar-refractivity contribution < 1.29 is 23.8 Å². The van der Waals surface area contributed by atoms with E-state index in [1.54, 1.807) is 26.3 Å². The molecule has 9 heteroatoms. The number of nitrogens with two attached hydrogens (primary N) is 1. The van der Waals surface area contributed by atoms with Gasteiger partial charge in [0.1, 0.15) is 5.82 Å². The number of pyridine rings is 1. The molecule has 0 spiro atoms. The number of carbonyl (C=O) groups is 2. The Morgan fingerprint density at radius 1 is 1.44 bits per heavy atom. The number of amides is 2. The molecule has 1 fully saturated rings. The molecular formula is C23H25FN4O4. The topological polar surface area (TPSA) is 118 Å². The maximum atomic E-state index is 14.6. The fraction of sp³-hybridized carbons (Fsp3) is 0.348. The van der Waals surface area contributed by atoms with Crippen molar-refractivity contribution in [2.45, 2.75) is 25.0 Å². The zero-order valence-electron chi connectivity index (χ0n) is 18.1. The second kappa shape index (κ2) is 9.34. The first-order valence-electron chi connectivity index (χ1n) is 10.0. The molecule has 1 aromatic carbocycles. The lowest BCUT2D eigenvalue weighted by Crippen LogP contribution is -2.37. The number of nitrogens with zero attached hydrogens (tertiary/aromatic N) is 2. The number of likely N-dealkylation sites (N-methyl/N-ethyl adjacent to an activating group) is 1. The van der Waals surface area contributed by atoms with Crippen molar-refractivity contribution in [3.8, 4) is 23.1 Å². The standard InChI is InChI=1S/C23H25FN4O4/c1-14(13-32-3)26-19-7-6-18(27-20(19)21(25)29)16-12-15(4-5-17(16)24)8-9-23(31)10-11-28(2)22(23)30/h4-7,12,14,26,31H,10-11,13H2,1-3H3,(H2,25,29). The highest BCUT2D eigenvalue weighted by molar-refractivity contribution is 5.97. The van der Waals surface area contributed by atoms with E-state index in [-0.39, 0.29) is 29.4 Å². The van der Waals surface area contributed by atoms with Gasteiger partial charge in [-0.05, 0) is 37.3 Å². The minimum Gasteiger partial charge on any atom is -0.383 e. The monoisotopic (exact) mass is 440 g/mol. The molecule has 0 saturated carbocycles. The predicted octanol–water partition coefficient (Wildman–Crippen LogP) is 1.38. The summed E-state index contributed by atoms with van der Waals surface area (Å²) in [5.74, 6) is 3.55. The molecule has 0 aliphatic carbocycles. The van der Waals surface area contributed by atoms with Crippen molar-refractivity contribution in [2.24, 2.45) is 5.73 Å². The Kier molecular flexibility index (Phi) is 6.77. The van der Waals surface area contributed by atoms with Crippen LogP contribution in [0, 0.1) is 17.7 Å². The number of primary amides is 1. The van der Waals surface area contributed by atoms with Gasteiger partial charge < -0.3 is 25.8 Å². The first kappa shape index (κ1) is 23.2. The minimum absolute atomic E-state index is 0.0322. The van der Waals surface area contributed by atoms with E-state index in [0.717, 1.165) is 0 Å². The number of benzene rings is 1. The van der Waals surface area contributed by atoms with E-state index in [9.17, 15) is 19.1 Å². The summed E-state index contributed by atoms with van der Waals surface area (Å²) in [5.41, 5.74) is 4.79. The van der Waals surface area contributed by atoms with E-state index in [1.165, 1.54) is 23.1 Å². The number of ether oxygens (including phenoxy) is 1. The van der Waals surface area contributed by atoms with Gasteiger partial charge in [-0.25, -0.2) is 9.37 Å². The molecule has 8 nitrogen and oxygen atoms in total. The second-order valence-corrected chi connectivity index (χ2v) is 7.74. The van der Waals surface area contributed by atoms with Crippen LogP contribution in [0.1, 0.15) is 29.4 Å². The Hall–Kier alpha value is -3.48. The van der Waals surface area contributed by atoms with E-state index >= 15 is 0 Å². The number of anilines is 1. The molecule has 2 aromatic rings. The Labute approximate surface area is 185 Å². The van der Waals surface area contributed by atoms with Crippen LogP contribution >= 0.6 is 0 Å². The second-order valence-electron chi connectivity index (χ2n) is 7.74. The molecule has 1 aliphatic rings. The zero-order chi connectivity index (χ0) is 23.5. The van der Waals surface area contributed by atoms with E-state index in [1.807, 2.05) is 6.92 Å². The summed E-state index contributed by atoms with van der Waals surface area (Å²) in [6, 6.07) is 7.15. The van der Waals surface area contributed by atoms with Crippen LogP contribution in [0.25, 0.3) is 11.3 Å². The number of likely N-dealkylation sites (tertiary alicyclic amines) is 1. The highest BCUT2D eigenvalue weighted by atomic mass is 19.1. The van der Waals surface area contributed by atoms with Crippen molar-refractivity contribution >= 4 is 17.5 Å². The minimum atomic E-state index is -1.76. The first-order chi connectivity index (χ1) is 15.1. The van der Waals surface area contributed by atoms with E-state index in [2.05, 4.69) is 22.1 Å². The number of halogens is 1. The van der Waals surface area contributed by atoms with Crippen molar-refractivity contribution in [3.05, 3.63) is 47.4 Å². The molecule has 1 aromatic heterocycles. The van der Waals surface area contributed by atoms with Gasteiger partial charge in [-0.15, -0.1) is 0 Å². The maximum Gasteiger partial charge on any atom is 0.269 e. The SMILES string of the molecule is COCC(C)Nc1ccc(-c2cc(C#CC3(O)CCN(C)C3=O)ccc2F)nc1C(N)=O. The molecule has 2 atom stereocenters. The Morgan fingerprint density at radius 2 is 2.19 bits per heavy atom. The van der Waals surface area contributed by atoms with Gasteiger partial charge in [0.05, 0.1) is 18.0 Å². The molecule has 0 radical (unpaired) electrons. The van der Waals surface area contributed by atoms with Crippen molar-refractivity contribution in [2.75, 3.05) is 32.6 Å². The zero-order valence-corrected chi connectivity index (χ0v) is 18.1. The molecule has 2 unspecified atom stereocenters. The number of aliphatic hydroxyl groups is 1. The number of aromatic nitrogens is 1. The third-order valence-corrected chi connectivity index (χ3v) is 5.11. The molecular weight excluding hydrogens is 415 g/mol. The quantitative estimate of drug-likeness (QED) is 0.584. The number of hydrogen-bond acceptors (Lipinski definition) is 6. The third kappa shape index (κ3) is 4.88. The first-order valence-corrected chi connectivity index (χ1v) is 10.0. The van der Waals surface area contributed by atoms with Crippen LogP contribution in [0.3, 0.4) is 0 Å². The number of hydrogen-bond donors (Lipinski definition) is 3. The van der Waals surface area contributed by atoms with Gasteiger partial charge in [-0.2, -0.15) is 0 Å². The van der Waals surface area contributed by atoms with Gasteiger partial charge in [-0.1, -0.05) is 11.8 Å². The van der Waals surface area contributed by atoms with Crippen LogP contribution in [0.15, 0.2) is 30.3 Å². The number of rotatable bonds is 6. The van der Waals surface area contributed by atoms with Crippen LogP contribution in [0.2, 0.25) is 0 Å². The van der Waals surface area contributed by atoms with E-state index in [0.29, 0.717) is 24.4 Å². The van der Waals surface area contributed by atoms with Crippen LogP contribution in [-0.2, 0) is 9.53 Å². The summed E-state index contributed by atoms with van der Waals surface area (Å²) in [4.78, 5) is 29.7. The van der Waals surface area contributed by atoms with Gasteiger partial charge >= 0.3 is 0 Å². The average molecular weight is 440 g/mol. The van der Waals surface area contributed by atoms with Gasteiger partial charge in [0.2, 0.25) is 5.60 Å². The number of methoxy groups -OCH3 is 1. The summed E-state index contributed by atoms with van der Waals surface area (Å²) in [6.45, 7) is 2.67. The highest BCUT2D eigenvalue weighted by Gasteiger charge is 2.42. The van der Waals surface area contributed by atoms with E-state index < -0.39 is 23.2 Å². The van der Waals surface area contributed by atoms with Crippen LogP contribution in [0.5, 0.6) is 0 Å². The third-order valence-electron chi connectivity index (χ3n) is 5.11. The molecule has 32 heavy (non-hydrogen) atoms. The molecule has 1 saturated heterocycles. The normalized spacial score (nSPS) is 18.8. The molecule has 0 bridgehead atoms.